The molecule has 0 saturated heterocycles. The van der Waals surface area contributed by atoms with Crippen LogP contribution in [0, 0.1) is 0 Å². The van der Waals surface area contributed by atoms with Crippen LogP contribution in [0.1, 0.15) is 233 Å². The van der Waals surface area contributed by atoms with Crippen LogP contribution in [0.4, 0.5) is 0 Å². The molecule has 0 aromatic carbocycles. The predicted octanol–water partition coefficient (Wildman–Crippen LogP) is 16.1. The summed E-state index contributed by atoms with van der Waals surface area (Å²) in [5.74, 6) is 1.07. The fraction of sp³-hybridized carbons (Fsp3) is 0.875. The Morgan fingerprint density at radius 3 is 0.964 bits per heavy atom. The van der Waals surface area contributed by atoms with Crippen molar-refractivity contribution in [1.82, 2.24) is 0 Å². The zero-order valence-corrected chi connectivity index (χ0v) is 41.8. The molecule has 0 aliphatic carbocycles. The molecule has 0 aliphatic rings. The van der Waals surface area contributed by atoms with Crippen molar-refractivity contribution in [2.45, 2.75) is 242 Å². The van der Waals surface area contributed by atoms with Crippen molar-refractivity contribution >= 4 is 58.3 Å². The molecule has 0 saturated carbocycles. The molecule has 4 nitrogen and oxygen atoms in total. The average molecular weight is 918 g/mol. The maximum absolute atomic E-state index is 11.3. The second-order valence-corrected chi connectivity index (χ2v) is 20.2. The van der Waals surface area contributed by atoms with E-state index in [9.17, 15) is 9.59 Å². The van der Waals surface area contributed by atoms with Gasteiger partial charge in [-0.25, -0.2) is 0 Å². The van der Waals surface area contributed by atoms with E-state index in [1.807, 2.05) is 0 Å². The van der Waals surface area contributed by atoms with Crippen molar-refractivity contribution in [1.29, 1.82) is 0 Å². The fourth-order valence-corrected chi connectivity index (χ4v) is 10.2. The van der Waals surface area contributed by atoms with E-state index in [2.05, 4.69) is 77.3 Å². The first-order chi connectivity index (χ1) is 27.0. The number of hydrogen-bond acceptors (Lipinski definition) is 6. The van der Waals surface area contributed by atoms with E-state index in [0.29, 0.717) is 37.6 Å². The molecular formula is C48H94O4S2Sn. The van der Waals surface area contributed by atoms with E-state index in [-0.39, 0.29) is 33.1 Å². The molecular weight excluding hydrogens is 823 g/mol. The second-order valence-electron chi connectivity index (χ2n) is 15.0. The van der Waals surface area contributed by atoms with Gasteiger partial charge in [-0.05, 0) is 64.2 Å². The number of carbonyl (C=O) groups excluding carboxylic acids is 2. The van der Waals surface area contributed by atoms with Gasteiger partial charge in [0.1, 0.15) is 13.2 Å². The summed E-state index contributed by atoms with van der Waals surface area (Å²) in [5.41, 5.74) is 0. The van der Waals surface area contributed by atoms with E-state index in [1.165, 1.54) is 167 Å². The average Bonchev–Trinajstić information content (AvgIpc) is 3.19. The van der Waals surface area contributed by atoms with Crippen molar-refractivity contribution in [3.63, 3.8) is 0 Å². The van der Waals surface area contributed by atoms with Gasteiger partial charge >= 0.3 is 81.5 Å². The summed E-state index contributed by atoms with van der Waals surface area (Å²) in [6.45, 7) is 9.99. The summed E-state index contributed by atoms with van der Waals surface area (Å²) < 4.78 is 13.2. The summed E-state index contributed by atoms with van der Waals surface area (Å²) in [4.78, 5) is 22.5. The normalized spacial score (nSPS) is 11.0. The molecule has 0 heterocycles. The first kappa shape index (κ1) is 59.2. The zero-order valence-electron chi connectivity index (χ0n) is 37.2. The molecule has 7 heteroatoms. The molecule has 0 amide bonds. The van der Waals surface area contributed by atoms with Crippen molar-refractivity contribution in [3.8, 4) is 0 Å². The van der Waals surface area contributed by atoms with E-state index in [1.54, 1.807) is 8.87 Å². The molecule has 0 atom stereocenters. The monoisotopic (exact) mass is 919 g/mol. The van der Waals surface area contributed by atoms with Crippen molar-refractivity contribution in [2.24, 2.45) is 0 Å². The van der Waals surface area contributed by atoms with E-state index < -0.39 is 0 Å². The SMILES string of the molecule is CCCCCCCC/C=C\CCCCCCCC(=O)OCCS.CCCCCCCC/C=C\CCCCCCCC(=O)OCCS.CCC[CH2][Sn][CH2]CCC. The van der Waals surface area contributed by atoms with Crippen LogP contribution in [0.25, 0.3) is 0 Å². The Morgan fingerprint density at radius 1 is 0.400 bits per heavy atom. The molecule has 2 radical (unpaired) electrons. The van der Waals surface area contributed by atoms with Gasteiger partial charge in [0, 0.05) is 24.3 Å². The Labute approximate surface area is 366 Å². The summed E-state index contributed by atoms with van der Waals surface area (Å²) in [5, 5.41) is 0. The van der Waals surface area contributed by atoms with Gasteiger partial charge in [0.15, 0.2) is 0 Å². The molecule has 0 unspecified atom stereocenters. The van der Waals surface area contributed by atoms with Crippen molar-refractivity contribution in [2.75, 3.05) is 24.7 Å². The van der Waals surface area contributed by atoms with Crippen LogP contribution in [-0.4, -0.2) is 57.8 Å². The molecule has 0 aromatic heterocycles. The Balaban J connectivity index is -0.000000805. The Hall–Kier alpha value is -0.0813. The summed E-state index contributed by atoms with van der Waals surface area (Å²) in [7, 11) is 0. The van der Waals surface area contributed by atoms with Gasteiger partial charge in [-0.1, -0.05) is 141 Å². The maximum atomic E-state index is 11.3. The molecule has 0 aliphatic heterocycles. The Morgan fingerprint density at radius 2 is 0.673 bits per heavy atom. The number of esters is 2. The van der Waals surface area contributed by atoms with Crippen molar-refractivity contribution in [3.05, 3.63) is 24.3 Å². The second kappa shape index (κ2) is 58.2. The predicted molar refractivity (Wildman–Crippen MR) is 254 cm³/mol. The summed E-state index contributed by atoms with van der Waals surface area (Å²) >= 11 is 8.18. The van der Waals surface area contributed by atoms with Crippen LogP contribution in [0.5, 0.6) is 0 Å². The molecule has 0 aromatic rings. The van der Waals surface area contributed by atoms with Crippen LogP contribution >= 0.6 is 25.3 Å². The van der Waals surface area contributed by atoms with Crippen molar-refractivity contribution < 1.29 is 19.1 Å². The molecule has 0 bridgehead atoms. The van der Waals surface area contributed by atoms with Gasteiger partial charge in [-0.15, -0.1) is 0 Å². The molecule has 0 spiro atoms. The number of allylic oxidation sites excluding steroid dienone is 4. The third-order valence-corrected chi connectivity index (χ3v) is 13.8. The zero-order chi connectivity index (χ0) is 41.0. The van der Waals surface area contributed by atoms with E-state index in [4.69, 9.17) is 9.47 Å². The summed E-state index contributed by atoms with van der Waals surface area (Å²) in [6.07, 6.45) is 49.6. The standard InChI is InChI=1S/2C20H38O2S.2C4H9.Sn/c2*1-2-3-4-5-6-7-8-9-10-11-12-13-14-15-16-17-20(21)22-18-19-23;2*1-3-4-2;/h2*9-10,23H,2-8,11-19H2,1H3;2*1,3-4H2,2H3;/b2*10-9-;;;. The molecule has 55 heavy (non-hydrogen) atoms. The minimum absolute atomic E-state index is 0.0725. The summed E-state index contributed by atoms with van der Waals surface area (Å²) in [6, 6.07) is 0. The Kier molecular flexibility index (Phi) is 62.7. The minimum atomic E-state index is -0.0725. The van der Waals surface area contributed by atoms with Gasteiger partial charge in [0.25, 0.3) is 0 Å². The van der Waals surface area contributed by atoms with Crippen LogP contribution in [-0.2, 0) is 19.1 Å². The van der Waals surface area contributed by atoms with E-state index >= 15 is 0 Å². The topological polar surface area (TPSA) is 52.6 Å². The Bertz CT molecular complexity index is 715. The van der Waals surface area contributed by atoms with E-state index in [0.717, 1.165) is 25.7 Å². The van der Waals surface area contributed by atoms with Gasteiger partial charge in [0.2, 0.25) is 0 Å². The fourth-order valence-electron chi connectivity index (χ4n) is 5.87. The molecule has 0 rings (SSSR count). The number of unbranched alkanes of at least 4 members (excludes halogenated alkanes) is 24. The van der Waals surface area contributed by atoms with Gasteiger partial charge < -0.3 is 9.47 Å². The molecule has 0 N–H and O–H groups in total. The number of rotatable bonds is 40. The van der Waals surface area contributed by atoms with Crippen LogP contribution in [0.15, 0.2) is 24.3 Å². The van der Waals surface area contributed by atoms with Crippen LogP contribution in [0.3, 0.4) is 0 Å². The third kappa shape index (κ3) is 63.3. The van der Waals surface area contributed by atoms with Gasteiger partial charge in [-0.3, -0.25) is 9.59 Å². The quantitative estimate of drug-likeness (QED) is 0.0211. The van der Waals surface area contributed by atoms with Gasteiger partial charge in [-0.2, -0.15) is 25.3 Å². The van der Waals surface area contributed by atoms with Crippen LogP contribution in [0.2, 0.25) is 8.87 Å². The molecule has 0 fully saturated rings. The third-order valence-electron chi connectivity index (χ3n) is 9.41. The first-order valence-electron chi connectivity index (χ1n) is 23.6. The number of thiol groups is 2. The number of hydrogen-bond donors (Lipinski definition) is 2. The number of ether oxygens (including phenoxy) is 2. The van der Waals surface area contributed by atoms with Crippen LogP contribution < -0.4 is 0 Å². The number of carbonyl (C=O) groups is 2. The molecule has 326 valence electrons. The van der Waals surface area contributed by atoms with Gasteiger partial charge in [0.05, 0.1) is 0 Å². The first-order valence-corrected chi connectivity index (χ1v) is 28.9.